The van der Waals surface area contributed by atoms with Crippen LogP contribution in [0.1, 0.15) is 18.4 Å². The van der Waals surface area contributed by atoms with Crippen molar-refractivity contribution in [2.75, 3.05) is 23.3 Å². The first-order chi connectivity index (χ1) is 10.9. The number of nitrogens with one attached hydrogen (secondary N) is 1. The van der Waals surface area contributed by atoms with Gasteiger partial charge in [-0.05, 0) is 25.0 Å². The lowest BCUT2D eigenvalue weighted by atomic mass is 10.1. The second-order valence-corrected chi connectivity index (χ2v) is 5.73. The van der Waals surface area contributed by atoms with Crippen LogP contribution in [0.3, 0.4) is 0 Å². The van der Waals surface area contributed by atoms with E-state index in [1.54, 1.807) is 4.68 Å². The van der Waals surface area contributed by atoms with Gasteiger partial charge in [0.1, 0.15) is 5.82 Å². The highest BCUT2D eigenvalue weighted by Crippen LogP contribution is 2.29. The van der Waals surface area contributed by atoms with Crippen LogP contribution in [0.2, 0.25) is 0 Å². The Kier molecular flexibility index (Phi) is 4.14. The van der Waals surface area contributed by atoms with Gasteiger partial charge >= 0.3 is 6.18 Å². The van der Waals surface area contributed by atoms with Crippen LogP contribution < -0.4 is 10.2 Å². The van der Waals surface area contributed by atoms with Gasteiger partial charge in [0.15, 0.2) is 0 Å². The maximum atomic E-state index is 12.5. The second kappa shape index (κ2) is 6.10. The van der Waals surface area contributed by atoms with E-state index in [-0.39, 0.29) is 6.04 Å². The fourth-order valence-electron chi connectivity index (χ4n) is 2.76. The van der Waals surface area contributed by atoms with Gasteiger partial charge in [0, 0.05) is 38.6 Å². The largest absolute Gasteiger partial charge is 0.417 e. The molecule has 0 radical (unpaired) electrons. The number of halogens is 3. The Balaban J connectivity index is 1.63. The topological polar surface area (TPSA) is 46.0 Å². The molecule has 2 aromatic heterocycles. The smallest absolute Gasteiger partial charge is 0.367 e. The summed E-state index contributed by atoms with van der Waals surface area (Å²) in [7, 11) is 1.87. The maximum Gasteiger partial charge on any atom is 0.417 e. The lowest BCUT2D eigenvalue weighted by Gasteiger charge is -2.34. The van der Waals surface area contributed by atoms with E-state index >= 15 is 0 Å². The average Bonchev–Trinajstić information content (AvgIpc) is 2.94. The predicted octanol–water partition coefficient (Wildman–Crippen LogP) is 2.91. The quantitative estimate of drug-likeness (QED) is 0.942. The Morgan fingerprint density at radius 2 is 2.09 bits per heavy atom. The van der Waals surface area contributed by atoms with Crippen LogP contribution in [0.4, 0.5) is 24.7 Å². The average molecular weight is 325 g/mol. The molecule has 8 heteroatoms. The van der Waals surface area contributed by atoms with Gasteiger partial charge in [-0.25, -0.2) is 4.98 Å². The Bertz CT molecular complexity index is 650. The third kappa shape index (κ3) is 3.75. The van der Waals surface area contributed by atoms with Crippen LogP contribution in [0.15, 0.2) is 30.7 Å². The summed E-state index contributed by atoms with van der Waals surface area (Å²) < 4.78 is 39.4. The van der Waals surface area contributed by atoms with Crippen LogP contribution >= 0.6 is 0 Å². The van der Waals surface area contributed by atoms with Crippen LogP contribution in [-0.4, -0.2) is 33.9 Å². The van der Waals surface area contributed by atoms with Crippen molar-refractivity contribution in [1.29, 1.82) is 0 Å². The van der Waals surface area contributed by atoms with Crippen molar-refractivity contribution in [1.82, 2.24) is 14.8 Å². The highest BCUT2D eigenvalue weighted by Gasteiger charge is 2.30. The zero-order chi connectivity index (χ0) is 16.4. The normalized spacial score (nSPS) is 19.0. The zero-order valence-electron chi connectivity index (χ0n) is 12.7. The molecule has 1 unspecified atom stereocenters. The molecule has 1 N–H and O–H groups in total. The van der Waals surface area contributed by atoms with Crippen molar-refractivity contribution in [2.45, 2.75) is 25.1 Å². The summed E-state index contributed by atoms with van der Waals surface area (Å²) in [5.41, 5.74) is 0.322. The van der Waals surface area contributed by atoms with E-state index in [0.29, 0.717) is 5.82 Å². The number of aryl methyl sites for hydroxylation is 1. The molecule has 124 valence electrons. The van der Waals surface area contributed by atoms with Gasteiger partial charge in [-0.3, -0.25) is 4.68 Å². The van der Waals surface area contributed by atoms with Crippen molar-refractivity contribution in [2.24, 2.45) is 7.05 Å². The van der Waals surface area contributed by atoms with Gasteiger partial charge in [0.2, 0.25) is 0 Å². The Morgan fingerprint density at radius 3 is 2.70 bits per heavy atom. The number of hydrogen-bond acceptors (Lipinski definition) is 4. The van der Waals surface area contributed by atoms with Crippen molar-refractivity contribution in [3.63, 3.8) is 0 Å². The standard InChI is InChI=1S/C15H18F3N5/c1-22-10-13(8-20-22)23-6-2-3-12(9-23)21-14-5-4-11(7-19-14)15(16,17)18/h4-5,7-8,10,12H,2-3,6,9H2,1H3,(H,19,21). The highest BCUT2D eigenvalue weighted by molar-refractivity contribution is 5.45. The Labute approximate surface area is 132 Å². The number of nitrogens with zero attached hydrogens (tertiary/aromatic N) is 4. The van der Waals surface area contributed by atoms with Gasteiger partial charge in [0.05, 0.1) is 17.4 Å². The van der Waals surface area contributed by atoms with Crippen molar-refractivity contribution >= 4 is 11.5 Å². The zero-order valence-corrected chi connectivity index (χ0v) is 12.7. The van der Waals surface area contributed by atoms with Crippen LogP contribution in [0.25, 0.3) is 0 Å². The molecule has 23 heavy (non-hydrogen) atoms. The predicted molar refractivity (Wildman–Crippen MR) is 81.3 cm³/mol. The first-order valence-corrected chi connectivity index (χ1v) is 7.45. The Hall–Kier alpha value is -2.25. The van der Waals surface area contributed by atoms with Gasteiger partial charge < -0.3 is 10.2 Å². The van der Waals surface area contributed by atoms with Crippen LogP contribution in [0.5, 0.6) is 0 Å². The summed E-state index contributed by atoms with van der Waals surface area (Å²) in [4.78, 5) is 6.10. The van der Waals surface area contributed by atoms with E-state index in [0.717, 1.165) is 43.9 Å². The molecular weight excluding hydrogens is 307 g/mol. The minimum absolute atomic E-state index is 0.146. The summed E-state index contributed by atoms with van der Waals surface area (Å²) in [5, 5.41) is 7.39. The van der Waals surface area contributed by atoms with Gasteiger partial charge in [-0.2, -0.15) is 18.3 Å². The van der Waals surface area contributed by atoms with E-state index in [1.807, 2.05) is 19.4 Å². The third-order valence-corrected chi connectivity index (χ3v) is 3.92. The SMILES string of the molecule is Cn1cc(N2CCCC(Nc3ccc(C(F)(F)F)cn3)C2)cn1. The number of rotatable bonds is 3. The molecule has 0 spiro atoms. The number of alkyl halides is 3. The summed E-state index contributed by atoms with van der Waals surface area (Å²) >= 11 is 0. The number of aromatic nitrogens is 3. The molecule has 1 atom stereocenters. The molecule has 1 aliphatic heterocycles. The van der Waals surface area contributed by atoms with E-state index in [1.165, 1.54) is 6.07 Å². The molecule has 0 bridgehead atoms. The first kappa shape index (κ1) is 15.6. The molecule has 2 aromatic rings. The van der Waals surface area contributed by atoms with Crippen LogP contribution in [0, 0.1) is 0 Å². The lowest BCUT2D eigenvalue weighted by molar-refractivity contribution is -0.137. The molecule has 3 heterocycles. The molecule has 3 rings (SSSR count). The number of hydrogen-bond donors (Lipinski definition) is 1. The molecule has 5 nitrogen and oxygen atoms in total. The minimum Gasteiger partial charge on any atom is -0.367 e. The molecule has 1 aliphatic rings. The molecule has 0 aliphatic carbocycles. The molecule has 0 amide bonds. The number of piperidine rings is 1. The van der Waals surface area contributed by atoms with E-state index < -0.39 is 11.7 Å². The van der Waals surface area contributed by atoms with E-state index in [2.05, 4.69) is 20.3 Å². The lowest BCUT2D eigenvalue weighted by Crippen LogP contribution is -2.42. The maximum absolute atomic E-state index is 12.5. The molecular formula is C15H18F3N5. The van der Waals surface area contributed by atoms with E-state index in [4.69, 9.17) is 0 Å². The molecule has 0 saturated carbocycles. The second-order valence-electron chi connectivity index (χ2n) is 5.73. The summed E-state index contributed by atoms with van der Waals surface area (Å²) in [5.74, 6) is 0.469. The highest BCUT2D eigenvalue weighted by atomic mass is 19.4. The number of pyridine rings is 1. The summed E-state index contributed by atoms with van der Waals surface area (Å²) in [6, 6.07) is 2.58. The monoisotopic (exact) mass is 325 g/mol. The van der Waals surface area contributed by atoms with Crippen molar-refractivity contribution in [3.05, 3.63) is 36.3 Å². The number of anilines is 2. The molecule has 1 saturated heterocycles. The van der Waals surface area contributed by atoms with E-state index in [9.17, 15) is 13.2 Å². The van der Waals surface area contributed by atoms with Crippen molar-refractivity contribution in [3.8, 4) is 0 Å². The molecule has 1 fully saturated rings. The Morgan fingerprint density at radius 1 is 1.26 bits per heavy atom. The summed E-state index contributed by atoms with van der Waals surface area (Å²) in [6.45, 7) is 1.72. The van der Waals surface area contributed by atoms with Gasteiger partial charge in [0.25, 0.3) is 0 Å². The molecule has 0 aromatic carbocycles. The van der Waals surface area contributed by atoms with Crippen molar-refractivity contribution < 1.29 is 13.2 Å². The van der Waals surface area contributed by atoms with Gasteiger partial charge in [-0.1, -0.05) is 0 Å². The minimum atomic E-state index is -4.35. The fraction of sp³-hybridized carbons (Fsp3) is 0.467. The first-order valence-electron chi connectivity index (χ1n) is 7.45. The third-order valence-electron chi connectivity index (χ3n) is 3.92. The summed E-state index contributed by atoms with van der Waals surface area (Å²) in [6.07, 6.45) is 2.25. The van der Waals surface area contributed by atoms with Crippen LogP contribution in [-0.2, 0) is 13.2 Å². The van der Waals surface area contributed by atoms with Gasteiger partial charge in [-0.15, -0.1) is 0 Å². The fourth-order valence-corrected chi connectivity index (χ4v) is 2.76.